The SMILES string of the molecule is CCCN(C(=O)CNC(=O)c1c(Cl)cccc1[N+](=O)[O-])C1CCNCC1. The highest BCUT2D eigenvalue weighted by Gasteiger charge is 2.27. The fourth-order valence-corrected chi connectivity index (χ4v) is 3.36. The maximum absolute atomic E-state index is 12.6. The number of nitrogens with zero attached hydrogens (tertiary/aromatic N) is 2. The summed E-state index contributed by atoms with van der Waals surface area (Å²) in [4.78, 5) is 37.2. The number of piperidine rings is 1. The number of nitrogens with one attached hydrogen (secondary N) is 2. The number of amides is 2. The lowest BCUT2D eigenvalue weighted by Crippen LogP contribution is -2.49. The van der Waals surface area contributed by atoms with Crippen LogP contribution in [0.4, 0.5) is 5.69 Å². The highest BCUT2D eigenvalue weighted by atomic mass is 35.5. The van der Waals surface area contributed by atoms with E-state index in [1.54, 1.807) is 4.90 Å². The minimum Gasteiger partial charge on any atom is -0.343 e. The Morgan fingerprint density at radius 1 is 1.38 bits per heavy atom. The van der Waals surface area contributed by atoms with E-state index < -0.39 is 10.8 Å². The molecule has 0 spiro atoms. The second-order valence-electron chi connectivity index (χ2n) is 6.14. The number of nitro benzene ring substituents is 1. The number of halogens is 1. The van der Waals surface area contributed by atoms with Gasteiger partial charge in [0.25, 0.3) is 11.6 Å². The Morgan fingerprint density at radius 2 is 2.08 bits per heavy atom. The molecule has 1 aliphatic heterocycles. The van der Waals surface area contributed by atoms with Crippen LogP contribution in [-0.2, 0) is 4.79 Å². The first kappa shape index (κ1) is 20.1. The first-order chi connectivity index (χ1) is 12.5. The average molecular weight is 383 g/mol. The Hall–Kier alpha value is -2.19. The third-order valence-electron chi connectivity index (χ3n) is 4.35. The van der Waals surface area contributed by atoms with Crippen LogP contribution in [0.3, 0.4) is 0 Å². The summed E-state index contributed by atoms with van der Waals surface area (Å²) in [5, 5.41) is 16.8. The number of carbonyl (C=O) groups is 2. The van der Waals surface area contributed by atoms with Crippen molar-refractivity contribution < 1.29 is 14.5 Å². The molecule has 9 heteroatoms. The predicted octanol–water partition coefficient (Wildman–Crippen LogP) is 1.97. The van der Waals surface area contributed by atoms with Gasteiger partial charge in [0.2, 0.25) is 5.91 Å². The largest absolute Gasteiger partial charge is 0.343 e. The lowest BCUT2D eigenvalue weighted by atomic mass is 10.0. The maximum atomic E-state index is 12.6. The molecule has 2 rings (SSSR count). The number of benzene rings is 1. The highest BCUT2D eigenvalue weighted by Crippen LogP contribution is 2.26. The van der Waals surface area contributed by atoms with Crippen LogP contribution in [0.1, 0.15) is 36.5 Å². The predicted molar refractivity (Wildman–Crippen MR) is 98.3 cm³/mol. The summed E-state index contributed by atoms with van der Waals surface area (Å²) in [6.07, 6.45) is 2.56. The number of rotatable bonds is 7. The van der Waals surface area contributed by atoms with Crippen LogP contribution in [0.2, 0.25) is 5.02 Å². The molecule has 0 aromatic heterocycles. The van der Waals surface area contributed by atoms with Crippen molar-refractivity contribution in [2.45, 2.75) is 32.2 Å². The van der Waals surface area contributed by atoms with Crippen molar-refractivity contribution in [1.82, 2.24) is 15.5 Å². The molecule has 26 heavy (non-hydrogen) atoms. The van der Waals surface area contributed by atoms with Crippen LogP contribution in [0.15, 0.2) is 18.2 Å². The van der Waals surface area contributed by atoms with Gasteiger partial charge in [-0.3, -0.25) is 19.7 Å². The van der Waals surface area contributed by atoms with Gasteiger partial charge in [0, 0.05) is 18.7 Å². The van der Waals surface area contributed by atoms with Gasteiger partial charge in [-0.1, -0.05) is 24.6 Å². The second-order valence-corrected chi connectivity index (χ2v) is 6.55. The van der Waals surface area contributed by atoms with Gasteiger partial charge in [-0.2, -0.15) is 0 Å². The van der Waals surface area contributed by atoms with E-state index in [1.807, 2.05) is 6.92 Å². The molecular formula is C17H23ClN4O4. The Bertz CT molecular complexity index is 677. The van der Waals surface area contributed by atoms with Crippen LogP contribution < -0.4 is 10.6 Å². The standard InChI is InChI=1S/C17H23ClN4O4/c1-2-10-21(12-6-8-19-9-7-12)15(23)11-20-17(24)16-13(18)4-3-5-14(16)22(25)26/h3-5,12,19H,2,6-11H2,1H3,(H,20,24). The van der Waals surface area contributed by atoms with Gasteiger partial charge in [-0.25, -0.2) is 0 Å². The summed E-state index contributed by atoms with van der Waals surface area (Å²) >= 11 is 5.95. The molecule has 142 valence electrons. The molecule has 2 N–H and O–H groups in total. The average Bonchev–Trinajstić information content (AvgIpc) is 2.64. The molecular weight excluding hydrogens is 360 g/mol. The molecule has 1 saturated heterocycles. The molecule has 0 bridgehead atoms. The number of hydrogen-bond donors (Lipinski definition) is 2. The summed E-state index contributed by atoms with van der Waals surface area (Å²) in [5.41, 5.74) is -0.609. The van der Waals surface area contributed by atoms with Crippen molar-refractivity contribution >= 4 is 29.1 Å². The molecule has 0 radical (unpaired) electrons. The quantitative estimate of drug-likeness (QED) is 0.554. The van der Waals surface area contributed by atoms with Crippen molar-refractivity contribution in [3.8, 4) is 0 Å². The van der Waals surface area contributed by atoms with E-state index in [9.17, 15) is 19.7 Å². The number of hydrogen-bond acceptors (Lipinski definition) is 5. The van der Waals surface area contributed by atoms with E-state index >= 15 is 0 Å². The first-order valence-corrected chi connectivity index (χ1v) is 9.04. The molecule has 0 atom stereocenters. The van der Waals surface area contributed by atoms with Gasteiger partial charge in [0.15, 0.2) is 0 Å². The van der Waals surface area contributed by atoms with Crippen molar-refractivity contribution in [3.63, 3.8) is 0 Å². The molecule has 8 nitrogen and oxygen atoms in total. The molecule has 1 aromatic carbocycles. The van der Waals surface area contributed by atoms with Crippen molar-refractivity contribution in [2.75, 3.05) is 26.2 Å². The van der Waals surface area contributed by atoms with Gasteiger partial charge < -0.3 is 15.5 Å². The van der Waals surface area contributed by atoms with Crippen molar-refractivity contribution in [2.24, 2.45) is 0 Å². The van der Waals surface area contributed by atoms with E-state index in [0.29, 0.717) is 6.54 Å². The molecule has 2 amide bonds. The number of carbonyl (C=O) groups excluding carboxylic acids is 2. The normalized spacial score (nSPS) is 14.7. The third-order valence-corrected chi connectivity index (χ3v) is 4.66. The van der Waals surface area contributed by atoms with Gasteiger partial charge in [0.1, 0.15) is 5.56 Å². The van der Waals surface area contributed by atoms with E-state index in [4.69, 9.17) is 11.6 Å². The van der Waals surface area contributed by atoms with Crippen LogP contribution in [0.5, 0.6) is 0 Å². The summed E-state index contributed by atoms with van der Waals surface area (Å²) in [6.45, 7) is 4.11. The summed E-state index contributed by atoms with van der Waals surface area (Å²) < 4.78 is 0. The molecule has 1 fully saturated rings. The van der Waals surface area contributed by atoms with E-state index in [1.165, 1.54) is 18.2 Å². The van der Waals surface area contributed by atoms with Crippen molar-refractivity contribution in [1.29, 1.82) is 0 Å². The first-order valence-electron chi connectivity index (χ1n) is 8.67. The van der Waals surface area contributed by atoms with Gasteiger partial charge in [-0.15, -0.1) is 0 Å². The monoisotopic (exact) mass is 382 g/mol. The van der Waals surface area contributed by atoms with E-state index in [0.717, 1.165) is 32.4 Å². The minimum atomic E-state index is -0.725. The molecule has 1 aliphatic rings. The second kappa shape index (κ2) is 9.49. The topological polar surface area (TPSA) is 105 Å². The van der Waals surface area contributed by atoms with Gasteiger partial charge in [-0.05, 0) is 38.4 Å². The Morgan fingerprint density at radius 3 is 2.69 bits per heavy atom. The van der Waals surface area contributed by atoms with E-state index in [-0.39, 0.29) is 34.8 Å². The fraction of sp³-hybridized carbons (Fsp3) is 0.529. The smallest absolute Gasteiger partial charge is 0.283 e. The molecule has 1 aromatic rings. The van der Waals surface area contributed by atoms with Gasteiger partial charge >= 0.3 is 0 Å². The highest BCUT2D eigenvalue weighted by molar-refractivity contribution is 6.34. The molecule has 0 aliphatic carbocycles. The Kier molecular flexibility index (Phi) is 7.35. The Balaban J connectivity index is 2.05. The zero-order chi connectivity index (χ0) is 19.1. The van der Waals surface area contributed by atoms with E-state index in [2.05, 4.69) is 10.6 Å². The lowest BCUT2D eigenvalue weighted by molar-refractivity contribution is -0.385. The third kappa shape index (κ3) is 4.92. The van der Waals surface area contributed by atoms with Crippen LogP contribution in [0.25, 0.3) is 0 Å². The summed E-state index contributed by atoms with van der Waals surface area (Å²) in [6, 6.07) is 4.17. The Labute approximate surface area is 157 Å². The zero-order valence-corrected chi connectivity index (χ0v) is 15.4. The van der Waals surface area contributed by atoms with Gasteiger partial charge in [0.05, 0.1) is 16.5 Å². The van der Waals surface area contributed by atoms with Crippen LogP contribution in [-0.4, -0.2) is 53.9 Å². The van der Waals surface area contributed by atoms with Crippen molar-refractivity contribution in [3.05, 3.63) is 38.9 Å². The maximum Gasteiger partial charge on any atom is 0.283 e. The molecule has 1 heterocycles. The molecule has 0 saturated carbocycles. The van der Waals surface area contributed by atoms with Crippen LogP contribution >= 0.6 is 11.6 Å². The number of nitro groups is 1. The van der Waals surface area contributed by atoms with Crippen LogP contribution in [0, 0.1) is 10.1 Å². The lowest BCUT2D eigenvalue weighted by Gasteiger charge is -2.34. The zero-order valence-electron chi connectivity index (χ0n) is 14.7. The fourth-order valence-electron chi connectivity index (χ4n) is 3.11. The molecule has 0 unspecified atom stereocenters. The summed E-state index contributed by atoms with van der Waals surface area (Å²) in [5.74, 6) is -0.917. The summed E-state index contributed by atoms with van der Waals surface area (Å²) in [7, 11) is 0. The minimum absolute atomic E-state index is 0.0204.